The first-order chi connectivity index (χ1) is 15.5. The van der Waals surface area contributed by atoms with Crippen molar-refractivity contribution < 1.29 is 9.21 Å². The van der Waals surface area contributed by atoms with Gasteiger partial charge in [-0.2, -0.15) is 0 Å². The van der Waals surface area contributed by atoms with Gasteiger partial charge >= 0.3 is 0 Å². The third-order valence-electron chi connectivity index (χ3n) is 6.74. The van der Waals surface area contributed by atoms with Crippen LogP contribution in [-0.2, 0) is 24.2 Å². The van der Waals surface area contributed by atoms with Gasteiger partial charge in [-0.25, -0.2) is 4.98 Å². The second-order valence-corrected chi connectivity index (χ2v) is 11.2. The number of hydrogen-bond acceptors (Lipinski definition) is 6. The highest BCUT2D eigenvalue weighted by molar-refractivity contribution is 7.99. The molecule has 5 rings (SSSR count). The van der Waals surface area contributed by atoms with Gasteiger partial charge in [0.1, 0.15) is 10.6 Å². The summed E-state index contributed by atoms with van der Waals surface area (Å²) in [5, 5.41) is 1.54. The molecule has 1 amide bonds. The topological polar surface area (TPSA) is 68.3 Å². The summed E-state index contributed by atoms with van der Waals surface area (Å²) in [6.45, 7) is 2.72. The zero-order valence-corrected chi connectivity index (χ0v) is 20.3. The zero-order chi connectivity index (χ0) is 22.2. The lowest BCUT2D eigenvalue weighted by atomic mass is 9.89. The maximum Gasteiger partial charge on any atom is 0.263 e. The summed E-state index contributed by atoms with van der Waals surface area (Å²) in [6, 6.07) is 3.88. The van der Waals surface area contributed by atoms with Crippen LogP contribution in [0.2, 0.25) is 0 Å². The lowest BCUT2D eigenvalue weighted by Crippen LogP contribution is -2.29. The maximum atomic E-state index is 13.7. The highest BCUT2D eigenvalue weighted by Gasteiger charge is 2.28. The number of fused-ring (bicyclic) bond motifs is 3. The highest BCUT2D eigenvalue weighted by Crippen LogP contribution is 2.38. The van der Waals surface area contributed by atoms with Crippen molar-refractivity contribution in [1.82, 2.24) is 14.5 Å². The van der Waals surface area contributed by atoms with Crippen molar-refractivity contribution in [2.45, 2.75) is 69.6 Å². The Bertz CT molecular complexity index is 1180. The van der Waals surface area contributed by atoms with Crippen LogP contribution in [0.25, 0.3) is 10.2 Å². The van der Waals surface area contributed by atoms with Crippen LogP contribution in [0.4, 0.5) is 0 Å². The van der Waals surface area contributed by atoms with E-state index in [-0.39, 0.29) is 23.3 Å². The number of rotatable bonds is 6. The average molecular weight is 472 g/mol. The molecule has 6 nitrogen and oxygen atoms in total. The van der Waals surface area contributed by atoms with E-state index in [1.54, 1.807) is 29.5 Å². The fourth-order valence-electron chi connectivity index (χ4n) is 4.93. The van der Waals surface area contributed by atoms with E-state index >= 15 is 0 Å². The Labute approximate surface area is 196 Å². The summed E-state index contributed by atoms with van der Waals surface area (Å²) in [4.78, 5) is 35.3. The average Bonchev–Trinajstić information content (AvgIpc) is 3.52. The Hall–Kier alpha value is -2.06. The number of furan rings is 1. The van der Waals surface area contributed by atoms with Crippen LogP contribution >= 0.6 is 23.1 Å². The fraction of sp³-hybridized carbons (Fsp3) is 0.542. The van der Waals surface area contributed by atoms with Crippen LogP contribution in [0.3, 0.4) is 0 Å². The number of thiophene rings is 1. The first-order valence-corrected chi connectivity index (χ1v) is 13.3. The minimum Gasteiger partial charge on any atom is -0.467 e. The second kappa shape index (κ2) is 9.06. The van der Waals surface area contributed by atoms with Crippen molar-refractivity contribution in [3.63, 3.8) is 0 Å². The lowest BCUT2D eigenvalue weighted by molar-refractivity contribution is -0.127. The van der Waals surface area contributed by atoms with E-state index in [4.69, 9.17) is 9.40 Å². The Balaban J connectivity index is 1.45. The summed E-state index contributed by atoms with van der Waals surface area (Å²) in [6.07, 6.45) is 9.07. The number of aromatic nitrogens is 2. The number of carbonyl (C=O) groups excluding carboxylic acids is 1. The van der Waals surface area contributed by atoms with Crippen LogP contribution in [0, 0.1) is 5.92 Å². The van der Waals surface area contributed by atoms with Crippen LogP contribution in [0.5, 0.6) is 0 Å². The molecule has 0 N–H and O–H groups in total. The minimum absolute atomic E-state index is 0.00184. The fourth-order valence-corrected chi connectivity index (χ4v) is 7.36. The minimum atomic E-state index is -0.00184. The molecule has 1 saturated carbocycles. The Morgan fingerprint density at radius 1 is 1.34 bits per heavy atom. The van der Waals surface area contributed by atoms with Crippen molar-refractivity contribution in [3.8, 4) is 0 Å². The summed E-state index contributed by atoms with van der Waals surface area (Å²) < 4.78 is 7.28. The van der Waals surface area contributed by atoms with Crippen molar-refractivity contribution in [1.29, 1.82) is 0 Å². The molecule has 2 aliphatic carbocycles. The molecule has 3 aromatic heterocycles. The quantitative estimate of drug-likeness (QED) is 0.372. The van der Waals surface area contributed by atoms with E-state index in [0.717, 1.165) is 60.9 Å². The molecule has 0 aromatic carbocycles. The van der Waals surface area contributed by atoms with Gasteiger partial charge < -0.3 is 9.32 Å². The molecule has 2 aliphatic rings. The third kappa shape index (κ3) is 4.15. The number of hydrogen-bond donors (Lipinski definition) is 0. The van der Waals surface area contributed by atoms with E-state index in [9.17, 15) is 9.59 Å². The Morgan fingerprint density at radius 3 is 2.91 bits per heavy atom. The monoisotopic (exact) mass is 471 g/mol. The first kappa shape index (κ1) is 21.8. The lowest BCUT2D eigenvalue weighted by Gasteiger charge is -2.20. The molecule has 0 spiro atoms. The molecular weight excluding hydrogens is 442 g/mol. The zero-order valence-electron chi connectivity index (χ0n) is 18.6. The molecule has 8 heteroatoms. The van der Waals surface area contributed by atoms with Gasteiger partial charge in [0.15, 0.2) is 5.16 Å². The van der Waals surface area contributed by atoms with Gasteiger partial charge in [-0.1, -0.05) is 31.5 Å². The van der Waals surface area contributed by atoms with Crippen LogP contribution in [0.15, 0.2) is 32.8 Å². The van der Waals surface area contributed by atoms with Crippen molar-refractivity contribution in [3.05, 3.63) is 45.0 Å². The van der Waals surface area contributed by atoms with E-state index in [1.165, 1.54) is 22.2 Å². The maximum absolute atomic E-state index is 13.7. The van der Waals surface area contributed by atoms with Crippen molar-refractivity contribution in [2.24, 2.45) is 5.92 Å². The number of amides is 1. The predicted molar refractivity (Wildman–Crippen MR) is 128 cm³/mol. The molecule has 0 radical (unpaired) electrons. The summed E-state index contributed by atoms with van der Waals surface area (Å²) in [5.74, 6) is 1.66. The van der Waals surface area contributed by atoms with E-state index < -0.39 is 0 Å². The van der Waals surface area contributed by atoms with Gasteiger partial charge in [-0.15, -0.1) is 11.3 Å². The number of nitrogens with zero attached hydrogens (tertiary/aromatic N) is 3. The van der Waals surface area contributed by atoms with Crippen molar-refractivity contribution >= 4 is 39.2 Å². The van der Waals surface area contributed by atoms with E-state index in [2.05, 4.69) is 6.92 Å². The van der Waals surface area contributed by atoms with E-state index in [0.29, 0.717) is 17.6 Å². The van der Waals surface area contributed by atoms with Gasteiger partial charge in [-0.3, -0.25) is 14.2 Å². The third-order valence-corrected chi connectivity index (χ3v) is 8.83. The van der Waals surface area contributed by atoms with Crippen molar-refractivity contribution in [2.75, 3.05) is 12.8 Å². The van der Waals surface area contributed by atoms with E-state index in [1.807, 2.05) is 16.7 Å². The molecule has 0 saturated heterocycles. The van der Waals surface area contributed by atoms with Gasteiger partial charge in [0.25, 0.3) is 5.56 Å². The second-order valence-electron chi connectivity index (χ2n) is 9.16. The molecule has 0 bridgehead atoms. The van der Waals surface area contributed by atoms with Crippen LogP contribution in [0.1, 0.15) is 61.3 Å². The van der Waals surface area contributed by atoms with Gasteiger partial charge in [-0.05, 0) is 55.7 Å². The number of thioether (sulfide) groups is 1. The summed E-state index contributed by atoms with van der Waals surface area (Å²) in [7, 11) is 1.78. The standard InChI is InChI=1S/C24H29N3O3S2/c1-15-9-10-18-19(12-15)32-22-21(18)23(29)27(16-6-3-4-7-16)24(25-22)31-14-20(28)26(2)13-17-8-5-11-30-17/h5,8,11,15-16H,3-4,6-7,9-10,12-14H2,1-2H3/t15-/m0/s1. The summed E-state index contributed by atoms with van der Waals surface area (Å²) >= 11 is 3.08. The molecule has 3 aromatic rings. The SMILES string of the molecule is C[C@H]1CCc2c(sc3nc(SCC(=O)N(C)Cc4ccco4)n(C4CCCC4)c(=O)c23)C1. The predicted octanol–water partition coefficient (Wildman–Crippen LogP) is 5.04. The number of aryl methyl sites for hydroxylation is 1. The highest BCUT2D eigenvalue weighted by atomic mass is 32.2. The normalized spacial score (nSPS) is 18.9. The smallest absolute Gasteiger partial charge is 0.263 e. The van der Waals surface area contributed by atoms with Crippen LogP contribution < -0.4 is 5.56 Å². The molecule has 3 heterocycles. The Kier molecular flexibility index (Phi) is 6.16. The molecule has 32 heavy (non-hydrogen) atoms. The van der Waals surface area contributed by atoms with Crippen LogP contribution in [-0.4, -0.2) is 33.2 Å². The molecule has 0 unspecified atom stereocenters. The molecule has 170 valence electrons. The summed E-state index contributed by atoms with van der Waals surface area (Å²) in [5.41, 5.74) is 1.34. The first-order valence-electron chi connectivity index (χ1n) is 11.5. The number of carbonyl (C=O) groups is 1. The van der Waals surface area contributed by atoms with Gasteiger partial charge in [0.2, 0.25) is 5.91 Å². The Morgan fingerprint density at radius 2 is 2.16 bits per heavy atom. The molecule has 0 aliphatic heterocycles. The van der Waals surface area contributed by atoms with Gasteiger partial charge in [0, 0.05) is 18.0 Å². The van der Waals surface area contributed by atoms with Gasteiger partial charge in [0.05, 0.1) is 23.9 Å². The largest absolute Gasteiger partial charge is 0.467 e. The molecule has 1 atom stereocenters. The molecular formula is C24H29N3O3S2. The molecule has 1 fully saturated rings.